The monoisotopic (exact) mass is 271 g/mol. The molecule has 1 fully saturated rings. The zero-order valence-corrected chi connectivity index (χ0v) is 11.5. The molecule has 1 saturated heterocycles. The summed E-state index contributed by atoms with van der Waals surface area (Å²) in [7, 11) is 0. The Morgan fingerprint density at radius 1 is 1.20 bits per heavy atom. The Morgan fingerprint density at radius 3 is 2.65 bits per heavy atom. The van der Waals surface area contributed by atoms with Crippen LogP contribution in [0.5, 0.6) is 0 Å². The molecule has 0 amide bonds. The number of morpholine rings is 1. The molecule has 0 aliphatic carbocycles. The van der Waals surface area contributed by atoms with Gasteiger partial charge in [-0.3, -0.25) is 9.36 Å². The van der Waals surface area contributed by atoms with Crippen molar-refractivity contribution in [1.82, 2.24) is 9.55 Å². The molecule has 0 radical (unpaired) electrons. The Bertz CT molecular complexity index is 643. The minimum absolute atomic E-state index is 0.0645. The predicted molar refractivity (Wildman–Crippen MR) is 77.6 cm³/mol. The average Bonchev–Trinajstić information content (AvgIpc) is 2.49. The molecule has 1 aliphatic heterocycles. The van der Waals surface area contributed by atoms with E-state index >= 15 is 0 Å². The summed E-state index contributed by atoms with van der Waals surface area (Å²) in [5, 5.41) is 0. The van der Waals surface area contributed by atoms with E-state index in [0.717, 1.165) is 24.3 Å². The summed E-state index contributed by atoms with van der Waals surface area (Å²) in [5.41, 5.74) is 1.96. The first-order valence-electron chi connectivity index (χ1n) is 6.72. The molecule has 3 rings (SSSR count). The smallest absolute Gasteiger partial charge is 0.258 e. The second-order valence-corrected chi connectivity index (χ2v) is 4.89. The number of anilines is 1. The molecule has 3 heterocycles. The fraction of sp³-hybridized carbons (Fsp3) is 0.333. The number of hydrogen-bond donors (Lipinski definition) is 0. The van der Waals surface area contributed by atoms with Gasteiger partial charge < -0.3 is 9.64 Å². The van der Waals surface area contributed by atoms with Crippen molar-refractivity contribution in [3.63, 3.8) is 0 Å². The van der Waals surface area contributed by atoms with Crippen LogP contribution in [0.4, 0.5) is 5.69 Å². The minimum atomic E-state index is -0.0645. The van der Waals surface area contributed by atoms with E-state index in [1.54, 1.807) is 23.0 Å². The maximum absolute atomic E-state index is 12.2. The molecule has 5 nitrogen and oxygen atoms in total. The lowest BCUT2D eigenvalue weighted by molar-refractivity contribution is 0.122. The molecule has 5 heteroatoms. The van der Waals surface area contributed by atoms with E-state index in [-0.39, 0.29) is 5.56 Å². The van der Waals surface area contributed by atoms with E-state index < -0.39 is 0 Å². The Kier molecular flexibility index (Phi) is 3.52. The molecule has 1 aliphatic rings. The van der Waals surface area contributed by atoms with E-state index in [4.69, 9.17) is 4.74 Å². The molecule has 0 N–H and O–H groups in total. The molecule has 2 aromatic heterocycles. The van der Waals surface area contributed by atoms with Crippen molar-refractivity contribution in [2.45, 2.75) is 6.92 Å². The van der Waals surface area contributed by atoms with Crippen LogP contribution in [0.3, 0.4) is 0 Å². The number of hydrogen-bond acceptors (Lipinski definition) is 4. The summed E-state index contributed by atoms with van der Waals surface area (Å²) < 4.78 is 6.88. The van der Waals surface area contributed by atoms with Crippen LogP contribution in [0, 0.1) is 6.92 Å². The second-order valence-electron chi connectivity index (χ2n) is 4.89. The summed E-state index contributed by atoms with van der Waals surface area (Å²) in [6.45, 7) is 5.05. The Morgan fingerprint density at radius 2 is 2.00 bits per heavy atom. The maximum Gasteiger partial charge on any atom is 0.258 e. The van der Waals surface area contributed by atoms with Gasteiger partial charge in [-0.1, -0.05) is 6.07 Å². The van der Waals surface area contributed by atoms with E-state index in [1.807, 2.05) is 25.1 Å². The zero-order valence-electron chi connectivity index (χ0n) is 11.5. The second kappa shape index (κ2) is 5.46. The third-order valence-corrected chi connectivity index (χ3v) is 3.42. The van der Waals surface area contributed by atoms with E-state index in [1.165, 1.54) is 0 Å². The quantitative estimate of drug-likeness (QED) is 0.828. The third kappa shape index (κ3) is 2.58. The highest BCUT2D eigenvalue weighted by molar-refractivity contribution is 5.46. The number of pyridine rings is 2. The van der Waals surface area contributed by atoms with Crippen molar-refractivity contribution in [3.05, 3.63) is 52.6 Å². The molecule has 104 valence electrons. The summed E-state index contributed by atoms with van der Waals surface area (Å²) in [5.74, 6) is 0.647. The highest BCUT2D eigenvalue weighted by Gasteiger charge is 2.12. The SMILES string of the molecule is Cc1ccc(-n2ccc(N3CCOCC3)cc2=O)nc1. The topological polar surface area (TPSA) is 47.4 Å². The van der Waals surface area contributed by atoms with Crippen LogP contribution >= 0.6 is 0 Å². The molecule has 0 atom stereocenters. The molecular weight excluding hydrogens is 254 g/mol. The van der Waals surface area contributed by atoms with Gasteiger partial charge in [0.1, 0.15) is 5.82 Å². The zero-order chi connectivity index (χ0) is 13.9. The van der Waals surface area contributed by atoms with Crippen molar-refractivity contribution >= 4 is 5.69 Å². The number of aromatic nitrogens is 2. The van der Waals surface area contributed by atoms with Crippen molar-refractivity contribution < 1.29 is 4.74 Å². The normalized spacial score (nSPS) is 15.3. The number of rotatable bonds is 2. The van der Waals surface area contributed by atoms with Gasteiger partial charge >= 0.3 is 0 Å². The van der Waals surface area contributed by atoms with E-state index in [9.17, 15) is 4.79 Å². The lowest BCUT2D eigenvalue weighted by Crippen LogP contribution is -2.37. The molecule has 2 aromatic rings. The standard InChI is InChI=1S/C15H17N3O2/c1-12-2-3-14(16-11-12)18-5-4-13(10-15(18)19)17-6-8-20-9-7-17/h2-5,10-11H,6-9H2,1H3. The number of ether oxygens (including phenoxy) is 1. The van der Waals surface area contributed by atoms with Crippen molar-refractivity contribution in [2.24, 2.45) is 0 Å². The predicted octanol–water partition coefficient (Wildman–Crippen LogP) is 1.38. The molecule has 0 spiro atoms. The van der Waals surface area contributed by atoms with Crippen molar-refractivity contribution in [2.75, 3.05) is 31.2 Å². The minimum Gasteiger partial charge on any atom is -0.378 e. The first-order valence-corrected chi connectivity index (χ1v) is 6.72. The highest BCUT2D eigenvalue weighted by Crippen LogP contribution is 2.13. The average molecular weight is 271 g/mol. The number of nitrogens with zero attached hydrogens (tertiary/aromatic N) is 3. The summed E-state index contributed by atoms with van der Waals surface area (Å²) in [4.78, 5) is 18.7. The van der Waals surface area contributed by atoms with Gasteiger partial charge in [0.15, 0.2) is 0 Å². The Hall–Kier alpha value is -2.14. The molecular formula is C15H17N3O2. The van der Waals surface area contributed by atoms with Gasteiger partial charge in [-0.2, -0.15) is 0 Å². The van der Waals surface area contributed by atoms with Crippen LogP contribution in [0.2, 0.25) is 0 Å². The van der Waals surface area contributed by atoms with Crippen LogP contribution in [-0.4, -0.2) is 35.9 Å². The van der Waals surface area contributed by atoms with Gasteiger partial charge in [-0.05, 0) is 24.6 Å². The molecule has 20 heavy (non-hydrogen) atoms. The fourth-order valence-electron chi connectivity index (χ4n) is 2.28. The van der Waals surface area contributed by atoms with Crippen molar-refractivity contribution in [1.29, 1.82) is 0 Å². The van der Waals surface area contributed by atoms with Crippen LogP contribution in [-0.2, 0) is 4.74 Å². The third-order valence-electron chi connectivity index (χ3n) is 3.42. The largest absolute Gasteiger partial charge is 0.378 e. The lowest BCUT2D eigenvalue weighted by Gasteiger charge is -2.28. The van der Waals surface area contributed by atoms with E-state index in [2.05, 4.69) is 9.88 Å². The van der Waals surface area contributed by atoms with Crippen LogP contribution in [0.25, 0.3) is 5.82 Å². The first-order chi connectivity index (χ1) is 9.74. The molecule has 0 aromatic carbocycles. The van der Waals surface area contributed by atoms with Gasteiger partial charge in [0.05, 0.1) is 13.2 Å². The Labute approximate surface area is 117 Å². The summed E-state index contributed by atoms with van der Waals surface area (Å²) >= 11 is 0. The van der Waals surface area contributed by atoms with Crippen molar-refractivity contribution in [3.8, 4) is 5.82 Å². The van der Waals surface area contributed by atoms with Gasteiger partial charge in [0, 0.05) is 37.2 Å². The summed E-state index contributed by atoms with van der Waals surface area (Å²) in [6, 6.07) is 7.41. The van der Waals surface area contributed by atoms with Crippen LogP contribution < -0.4 is 10.5 Å². The number of aryl methyl sites for hydroxylation is 1. The highest BCUT2D eigenvalue weighted by atomic mass is 16.5. The molecule has 0 bridgehead atoms. The van der Waals surface area contributed by atoms with Gasteiger partial charge in [-0.25, -0.2) is 4.98 Å². The first kappa shape index (κ1) is 12.9. The molecule has 0 unspecified atom stereocenters. The van der Waals surface area contributed by atoms with Gasteiger partial charge in [-0.15, -0.1) is 0 Å². The maximum atomic E-state index is 12.2. The lowest BCUT2D eigenvalue weighted by atomic mass is 10.3. The van der Waals surface area contributed by atoms with E-state index in [0.29, 0.717) is 19.0 Å². The Balaban J connectivity index is 1.91. The molecule has 0 saturated carbocycles. The van der Waals surface area contributed by atoms with Gasteiger partial charge in [0.2, 0.25) is 0 Å². The van der Waals surface area contributed by atoms with Crippen LogP contribution in [0.1, 0.15) is 5.56 Å². The van der Waals surface area contributed by atoms with Gasteiger partial charge in [0.25, 0.3) is 5.56 Å². The fourth-order valence-corrected chi connectivity index (χ4v) is 2.28. The van der Waals surface area contributed by atoms with Crippen LogP contribution in [0.15, 0.2) is 41.5 Å². The summed E-state index contributed by atoms with van der Waals surface area (Å²) in [6.07, 6.45) is 3.54.